The van der Waals surface area contributed by atoms with Gasteiger partial charge in [0.25, 0.3) is 0 Å². The summed E-state index contributed by atoms with van der Waals surface area (Å²) >= 11 is 0. The van der Waals surface area contributed by atoms with Crippen molar-refractivity contribution in [1.29, 1.82) is 0 Å². The zero-order valence-electron chi connectivity index (χ0n) is 15.0. The minimum Gasteiger partial charge on any atom is -0.497 e. The van der Waals surface area contributed by atoms with E-state index in [4.69, 9.17) is 9.47 Å². The first-order valence-corrected chi connectivity index (χ1v) is 8.46. The van der Waals surface area contributed by atoms with Gasteiger partial charge in [0.15, 0.2) is 0 Å². The highest BCUT2D eigenvalue weighted by Crippen LogP contribution is 2.36. The van der Waals surface area contributed by atoms with Gasteiger partial charge in [0.05, 0.1) is 7.11 Å². The Kier molecular flexibility index (Phi) is 5.55. The van der Waals surface area contributed by atoms with E-state index in [0.717, 1.165) is 31.7 Å². The van der Waals surface area contributed by atoms with Crippen LogP contribution in [0.1, 0.15) is 52.0 Å². The molecule has 2 atom stereocenters. The summed E-state index contributed by atoms with van der Waals surface area (Å²) in [5.41, 5.74) is 0.896. The van der Waals surface area contributed by atoms with Crippen LogP contribution in [0.3, 0.4) is 0 Å². The molecule has 128 valence electrons. The molecule has 0 radical (unpaired) electrons. The Labute approximate surface area is 139 Å². The molecule has 2 rings (SSSR count). The molecular weight excluding hydrogens is 290 g/mol. The van der Waals surface area contributed by atoms with Crippen molar-refractivity contribution in [3.63, 3.8) is 0 Å². The Balaban J connectivity index is 2.05. The van der Waals surface area contributed by atoms with Crippen LogP contribution in [0.15, 0.2) is 24.3 Å². The third-order valence-electron chi connectivity index (χ3n) is 4.45. The molecule has 0 bridgehead atoms. The lowest BCUT2D eigenvalue weighted by atomic mass is 9.79. The first-order chi connectivity index (χ1) is 10.8. The van der Waals surface area contributed by atoms with Gasteiger partial charge in [-0.25, -0.2) is 4.79 Å². The highest BCUT2D eigenvalue weighted by Gasteiger charge is 2.33. The third kappa shape index (κ3) is 4.63. The van der Waals surface area contributed by atoms with Gasteiger partial charge >= 0.3 is 6.09 Å². The van der Waals surface area contributed by atoms with Crippen LogP contribution in [-0.4, -0.2) is 36.8 Å². The van der Waals surface area contributed by atoms with E-state index in [1.165, 1.54) is 5.56 Å². The number of piperidine rings is 1. The maximum atomic E-state index is 12.3. The summed E-state index contributed by atoms with van der Waals surface area (Å²) in [7, 11) is 1.68. The van der Waals surface area contributed by atoms with Crippen LogP contribution in [0.4, 0.5) is 4.79 Å². The van der Waals surface area contributed by atoms with Crippen molar-refractivity contribution in [2.75, 3.05) is 20.2 Å². The van der Waals surface area contributed by atoms with Gasteiger partial charge in [0, 0.05) is 13.1 Å². The Morgan fingerprint density at radius 2 is 1.91 bits per heavy atom. The highest BCUT2D eigenvalue weighted by atomic mass is 16.6. The van der Waals surface area contributed by atoms with Gasteiger partial charge < -0.3 is 14.4 Å². The number of ether oxygens (including phenoxy) is 2. The molecule has 1 aromatic carbocycles. The van der Waals surface area contributed by atoms with Crippen molar-refractivity contribution >= 4 is 6.09 Å². The molecule has 0 saturated carbocycles. The second kappa shape index (κ2) is 7.24. The summed E-state index contributed by atoms with van der Waals surface area (Å²) in [6.45, 7) is 9.44. The molecule has 0 N–H and O–H groups in total. The Morgan fingerprint density at radius 1 is 1.26 bits per heavy atom. The minimum atomic E-state index is -0.439. The number of amides is 1. The molecule has 1 aromatic rings. The molecule has 1 aliphatic rings. The van der Waals surface area contributed by atoms with Gasteiger partial charge in [-0.15, -0.1) is 0 Å². The van der Waals surface area contributed by atoms with Crippen LogP contribution >= 0.6 is 0 Å². The molecule has 1 amide bonds. The minimum absolute atomic E-state index is 0.191. The summed E-state index contributed by atoms with van der Waals surface area (Å²) in [4.78, 5) is 14.1. The second-order valence-corrected chi connectivity index (χ2v) is 7.26. The van der Waals surface area contributed by atoms with E-state index in [2.05, 4.69) is 19.1 Å². The molecular formula is C19H29NO3. The van der Waals surface area contributed by atoms with Crippen LogP contribution in [0.5, 0.6) is 5.75 Å². The SMILES string of the molecule is CC[C@H]1CN(C(=O)OC(C)(C)C)CC[C@H]1c1ccc(OC)cc1. The van der Waals surface area contributed by atoms with Crippen LogP contribution < -0.4 is 4.74 Å². The molecule has 4 heteroatoms. The lowest BCUT2D eigenvalue weighted by molar-refractivity contribution is 0.0142. The Bertz CT molecular complexity index is 518. The van der Waals surface area contributed by atoms with Crippen LogP contribution in [0.2, 0.25) is 0 Å². The van der Waals surface area contributed by atoms with Crippen molar-refractivity contribution in [2.45, 2.75) is 52.1 Å². The first-order valence-electron chi connectivity index (χ1n) is 8.46. The maximum absolute atomic E-state index is 12.3. The summed E-state index contributed by atoms with van der Waals surface area (Å²) in [5.74, 6) is 1.84. The number of methoxy groups -OCH3 is 1. The fourth-order valence-electron chi connectivity index (χ4n) is 3.23. The molecule has 23 heavy (non-hydrogen) atoms. The largest absolute Gasteiger partial charge is 0.497 e. The molecule has 1 saturated heterocycles. The fourth-order valence-corrected chi connectivity index (χ4v) is 3.23. The standard InChI is InChI=1S/C19H29NO3/c1-6-14-13-20(18(21)23-19(2,3)4)12-11-17(14)15-7-9-16(22-5)10-8-15/h7-10,14,17H,6,11-13H2,1-5H3/t14-,17+/m0/s1. The number of hydrogen-bond donors (Lipinski definition) is 0. The molecule has 0 unspecified atom stereocenters. The number of carbonyl (C=O) groups excluding carboxylic acids is 1. The van der Waals surface area contributed by atoms with Crippen molar-refractivity contribution in [1.82, 2.24) is 4.90 Å². The topological polar surface area (TPSA) is 38.8 Å². The van der Waals surface area contributed by atoms with Gasteiger partial charge in [-0.3, -0.25) is 0 Å². The van der Waals surface area contributed by atoms with Gasteiger partial charge in [-0.2, -0.15) is 0 Å². The first kappa shape index (κ1) is 17.6. The molecule has 0 spiro atoms. The van der Waals surface area contributed by atoms with E-state index >= 15 is 0 Å². The molecule has 4 nitrogen and oxygen atoms in total. The molecule has 1 heterocycles. The van der Waals surface area contributed by atoms with E-state index in [-0.39, 0.29) is 6.09 Å². The molecule has 1 aliphatic heterocycles. The van der Waals surface area contributed by atoms with E-state index in [1.807, 2.05) is 37.8 Å². The fraction of sp³-hybridized carbons (Fsp3) is 0.632. The zero-order chi connectivity index (χ0) is 17.0. The molecule has 0 aliphatic carbocycles. The average molecular weight is 319 g/mol. The number of hydrogen-bond acceptors (Lipinski definition) is 3. The second-order valence-electron chi connectivity index (χ2n) is 7.26. The monoisotopic (exact) mass is 319 g/mol. The van der Waals surface area contributed by atoms with Crippen molar-refractivity contribution in [2.24, 2.45) is 5.92 Å². The van der Waals surface area contributed by atoms with Crippen LogP contribution in [-0.2, 0) is 4.74 Å². The normalized spacial score (nSPS) is 21.9. The quantitative estimate of drug-likeness (QED) is 0.826. The molecule has 1 fully saturated rings. The number of carbonyl (C=O) groups is 1. The number of benzene rings is 1. The van der Waals surface area contributed by atoms with Crippen LogP contribution in [0.25, 0.3) is 0 Å². The van der Waals surface area contributed by atoms with Crippen molar-refractivity contribution < 1.29 is 14.3 Å². The van der Waals surface area contributed by atoms with E-state index in [9.17, 15) is 4.79 Å². The third-order valence-corrected chi connectivity index (χ3v) is 4.45. The maximum Gasteiger partial charge on any atom is 0.410 e. The van der Waals surface area contributed by atoms with Crippen molar-refractivity contribution in [3.8, 4) is 5.75 Å². The molecule has 0 aromatic heterocycles. The predicted molar refractivity (Wildman–Crippen MR) is 91.9 cm³/mol. The average Bonchev–Trinajstić information content (AvgIpc) is 2.52. The van der Waals surface area contributed by atoms with Gasteiger partial charge in [0.2, 0.25) is 0 Å². The highest BCUT2D eigenvalue weighted by molar-refractivity contribution is 5.68. The summed E-state index contributed by atoms with van der Waals surface area (Å²) in [5, 5.41) is 0. The van der Waals surface area contributed by atoms with Crippen LogP contribution in [0, 0.1) is 5.92 Å². The van der Waals surface area contributed by atoms with Gasteiger partial charge in [0.1, 0.15) is 11.4 Å². The van der Waals surface area contributed by atoms with Gasteiger partial charge in [-0.1, -0.05) is 25.5 Å². The Morgan fingerprint density at radius 3 is 2.43 bits per heavy atom. The smallest absolute Gasteiger partial charge is 0.410 e. The van der Waals surface area contributed by atoms with E-state index in [1.54, 1.807) is 7.11 Å². The number of nitrogens with zero attached hydrogens (tertiary/aromatic N) is 1. The van der Waals surface area contributed by atoms with Crippen molar-refractivity contribution in [3.05, 3.63) is 29.8 Å². The summed E-state index contributed by atoms with van der Waals surface area (Å²) < 4.78 is 10.7. The lowest BCUT2D eigenvalue weighted by Gasteiger charge is -2.39. The summed E-state index contributed by atoms with van der Waals surface area (Å²) in [6, 6.07) is 8.33. The zero-order valence-corrected chi connectivity index (χ0v) is 15.0. The predicted octanol–water partition coefficient (Wildman–Crippen LogP) is 4.45. The van der Waals surface area contributed by atoms with Gasteiger partial charge in [-0.05, 0) is 56.7 Å². The number of rotatable bonds is 3. The lowest BCUT2D eigenvalue weighted by Crippen LogP contribution is -2.45. The summed E-state index contributed by atoms with van der Waals surface area (Å²) in [6.07, 6.45) is 1.84. The van der Waals surface area contributed by atoms with E-state index < -0.39 is 5.60 Å². The van der Waals surface area contributed by atoms with E-state index in [0.29, 0.717) is 11.8 Å². The number of likely N-dealkylation sites (tertiary alicyclic amines) is 1. The Hall–Kier alpha value is -1.71.